The molecule has 0 fully saturated rings. The minimum atomic E-state index is -3.54. The van der Waals surface area contributed by atoms with Gasteiger partial charge >= 0.3 is 7.60 Å². The van der Waals surface area contributed by atoms with Gasteiger partial charge in [0.05, 0.1) is 13.2 Å². The molecule has 0 saturated carbocycles. The molecule has 0 atom stereocenters. The largest absolute Gasteiger partial charge is 0.396 e. The summed E-state index contributed by atoms with van der Waals surface area (Å²) in [5, 5.41) is 0. The van der Waals surface area contributed by atoms with Gasteiger partial charge in [-0.1, -0.05) is 27.7 Å². The lowest BCUT2D eigenvalue weighted by atomic mass is 10.3. The van der Waals surface area contributed by atoms with Crippen molar-refractivity contribution in [3.05, 3.63) is 0 Å². The van der Waals surface area contributed by atoms with Crippen molar-refractivity contribution in [2.75, 3.05) is 13.2 Å². The zero-order valence-electron chi connectivity index (χ0n) is 9.99. The summed E-state index contributed by atoms with van der Waals surface area (Å²) in [6, 6.07) is 0. The van der Waals surface area contributed by atoms with Crippen molar-refractivity contribution < 1.29 is 18.4 Å². The van der Waals surface area contributed by atoms with E-state index in [4.69, 9.17) is 9.05 Å². The first-order valence-electron chi connectivity index (χ1n) is 5.41. The van der Waals surface area contributed by atoms with E-state index in [1.165, 1.54) is 0 Å². The monoisotopic (exact) mass is 236 g/mol. The molecule has 0 aliphatic heterocycles. The fourth-order valence-corrected chi connectivity index (χ4v) is 2.71. The molecule has 5 heteroatoms. The van der Waals surface area contributed by atoms with Crippen LogP contribution in [-0.2, 0) is 18.4 Å². The maximum absolute atomic E-state index is 12.1. The lowest BCUT2D eigenvalue weighted by Crippen LogP contribution is -2.13. The van der Waals surface area contributed by atoms with Crippen LogP contribution in [0.3, 0.4) is 0 Å². The first-order valence-corrected chi connectivity index (χ1v) is 6.95. The maximum Gasteiger partial charge on any atom is 0.396 e. The van der Waals surface area contributed by atoms with Crippen LogP contribution < -0.4 is 0 Å². The topological polar surface area (TPSA) is 52.6 Å². The Labute approximate surface area is 91.9 Å². The Morgan fingerprint density at radius 1 is 1.13 bits per heavy atom. The Bertz CT molecular complexity index is 226. The van der Waals surface area contributed by atoms with Gasteiger partial charge in [-0.3, -0.25) is 9.36 Å². The van der Waals surface area contributed by atoms with Crippen LogP contribution in [0.4, 0.5) is 0 Å². The lowest BCUT2D eigenvalue weighted by molar-refractivity contribution is -0.116. The number of carbonyl (C=O) groups excluding carboxylic acids is 1. The highest BCUT2D eigenvalue weighted by Crippen LogP contribution is 2.51. The molecule has 0 aromatic carbocycles. The van der Waals surface area contributed by atoms with Crippen LogP contribution in [-0.4, -0.2) is 18.7 Å². The van der Waals surface area contributed by atoms with Crippen molar-refractivity contribution in [1.29, 1.82) is 0 Å². The highest BCUT2D eigenvalue weighted by atomic mass is 31.2. The fraction of sp³-hybridized carbons (Fsp3) is 0.900. The van der Waals surface area contributed by atoms with Crippen LogP contribution in [0, 0.1) is 5.92 Å². The molecule has 0 unspecified atom stereocenters. The van der Waals surface area contributed by atoms with Crippen LogP contribution in [0.2, 0.25) is 0 Å². The van der Waals surface area contributed by atoms with Gasteiger partial charge in [-0.05, 0) is 12.8 Å². The van der Waals surface area contributed by atoms with Gasteiger partial charge in [0.2, 0.25) is 5.52 Å². The molecule has 0 heterocycles. The Balaban J connectivity index is 4.53. The number of carbonyl (C=O) groups is 1. The van der Waals surface area contributed by atoms with Gasteiger partial charge < -0.3 is 9.05 Å². The zero-order chi connectivity index (χ0) is 11.9. The molecule has 4 nitrogen and oxygen atoms in total. The molecule has 0 aromatic rings. The van der Waals surface area contributed by atoms with Crippen LogP contribution in [0.1, 0.15) is 40.5 Å². The zero-order valence-corrected chi connectivity index (χ0v) is 10.9. The van der Waals surface area contributed by atoms with Crippen LogP contribution in [0.5, 0.6) is 0 Å². The summed E-state index contributed by atoms with van der Waals surface area (Å²) in [6.07, 6.45) is 1.43. The van der Waals surface area contributed by atoms with E-state index < -0.39 is 13.1 Å². The van der Waals surface area contributed by atoms with E-state index in [9.17, 15) is 9.36 Å². The standard InChI is InChI=1S/C10H21O4P/c1-5-7-13-15(12,14-8-6-2)10(11)9(3)4/h9H,5-8H2,1-4H3. The molecule has 0 aromatic heterocycles. The second-order valence-corrected chi connectivity index (χ2v) is 5.61. The number of hydrogen-bond donors (Lipinski definition) is 0. The normalized spacial score (nSPS) is 12.1. The van der Waals surface area contributed by atoms with Crippen LogP contribution >= 0.6 is 7.60 Å². The first kappa shape index (κ1) is 14.8. The van der Waals surface area contributed by atoms with E-state index in [0.29, 0.717) is 26.1 Å². The van der Waals surface area contributed by atoms with Gasteiger partial charge in [0, 0.05) is 5.92 Å². The Morgan fingerprint density at radius 3 is 1.80 bits per heavy atom. The van der Waals surface area contributed by atoms with E-state index in [-0.39, 0.29) is 5.92 Å². The van der Waals surface area contributed by atoms with Gasteiger partial charge in [-0.2, -0.15) is 0 Å². The lowest BCUT2D eigenvalue weighted by Gasteiger charge is -2.18. The predicted molar refractivity (Wildman–Crippen MR) is 59.9 cm³/mol. The summed E-state index contributed by atoms with van der Waals surface area (Å²) >= 11 is 0. The maximum atomic E-state index is 12.1. The summed E-state index contributed by atoms with van der Waals surface area (Å²) in [4.78, 5) is 11.7. The van der Waals surface area contributed by atoms with Crippen LogP contribution in [0.15, 0.2) is 0 Å². The Morgan fingerprint density at radius 2 is 1.53 bits per heavy atom. The Hall–Kier alpha value is -0.180. The second kappa shape index (κ2) is 7.15. The summed E-state index contributed by atoms with van der Waals surface area (Å²) in [5.74, 6) is -0.329. The Kier molecular flexibility index (Phi) is 7.07. The van der Waals surface area contributed by atoms with E-state index >= 15 is 0 Å². The molecule has 0 amide bonds. The number of rotatable bonds is 8. The molecule has 0 bridgehead atoms. The van der Waals surface area contributed by atoms with Gasteiger partial charge in [-0.25, -0.2) is 0 Å². The summed E-state index contributed by atoms with van der Waals surface area (Å²) in [5.41, 5.74) is -0.426. The molecular weight excluding hydrogens is 215 g/mol. The van der Waals surface area contributed by atoms with E-state index in [2.05, 4.69) is 0 Å². The number of hydrogen-bond acceptors (Lipinski definition) is 4. The molecule has 0 saturated heterocycles. The molecule has 0 rings (SSSR count). The molecule has 0 radical (unpaired) electrons. The van der Waals surface area contributed by atoms with Crippen molar-refractivity contribution >= 4 is 13.1 Å². The highest BCUT2D eigenvalue weighted by molar-refractivity contribution is 7.71. The third kappa shape index (κ3) is 4.92. The van der Waals surface area contributed by atoms with Gasteiger partial charge in [0.15, 0.2) is 0 Å². The summed E-state index contributed by atoms with van der Waals surface area (Å²) < 4.78 is 22.3. The molecule has 0 aliphatic rings. The second-order valence-electron chi connectivity index (χ2n) is 3.66. The van der Waals surface area contributed by atoms with Crippen molar-refractivity contribution in [3.63, 3.8) is 0 Å². The van der Waals surface area contributed by atoms with Crippen LogP contribution in [0.25, 0.3) is 0 Å². The fourth-order valence-electron chi connectivity index (χ4n) is 0.904. The van der Waals surface area contributed by atoms with E-state index in [0.717, 1.165) is 0 Å². The predicted octanol–water partition coefficient (Wildman–Crippen LogP) is 3.22. The molecule has 0 N–H and O–H groups in total. The highest BCUT2D eigenvalue weighted by Gasteiger charge is 2.36. The molecular formula is C10H21O4P. The first-order chi connectivity index (χ1) is 6.98. The molecule has 15 heavy (non-hydrogen) atoms. The van der Waals surface area contributed by atoms with E-state index in [1.807, 2.05) is 13.8 Å². The van der Waals surface area contributed by atoms with Crippen molar-refractivity contribution in [3.8, 4) is 0 Å². The average molecular weight is 236 g/mol. The SMILES string of the molecule is CCCOP(=O)(OCCC)C(=O)C(C)C. The minimum Gasteiger partial charge on any atom is -0.303 e. The van der Waals surface area contributed by atoms with Gasteiger partial charge in [-0.15, -0.1) is 0 Å². The molecule has 90 valence electrons. The molecule has 0 aliphatic carbocycles. The van der Waals surface area contributed by atoms with Gasteiger partial charge in [0.25, 0.3) is 0 Å². The summed E-state index contributed by atoms with van der Waals surface area (Å²) in [7, 11) is -3.54. The quantitative estimate of drug-likeness (QED) is 0.607. The molecule has 0 spiro atoms. The third-order valence-electron chi connectivity index (χ3n) is 1.69. The smallest absolute Gasteiger partial charge is 0.303 e. The minimum absolute atomic E-state index is 0.291. The third-order valence-corrected chi connectivity index (χ3v) is 3.80. The van der Waals surface area contributed by atoms with E-state index in [1.54, 1.807) is 13.8 Å². The van der Waals surface area contributed by atoms with Crippen molar-refractivity contribution in [1.82, 2.24) is 0 Å². The van der Waals surface area contributed by atoms with Crippen molar-refractivity contribution in [2.45, 2.75) is 40.5 Å². The average Bonchev–Trinajstić information content (AvgIpc) is 2.22. The summed E-state index contributed by atoms with van der Waals surface area (Å²) in [6.45, 7) is 7.76. The van der Waals surface area contributed by atoms with Crippen molar-refractivity contribution in [2.24, 2.45) is 5.92 Å². The van der Waals surface area contributed by atoms with Gasteiger partial charge in [0.1, 0.15) is 0 Å².